The fourth-order valence-corrected chi connectivity index (χ4v) is 3.94. The number of carbonyl (C=O) groups excluding carboxylic acids is 1. The van der Waals surface area contributed by atoms with Crippen molar-refractivity contribution in [3.05, 3.63) is 52.4 Å². The minimum Gasteiger partial charge on any atom is -0.483 e. The van der Waals surface area contributed by atoms with Gasteiger partial charge in [0.1, 0.15) is 21.8 Å². The number of aryl methyl sites for hydroxylation is 1. The maximum atomic E-state index is 12.0. The summed E-state index contributed by atoms with van der Waals surface area (Å²) >= 11 is 1.27. The first-order chi connectivity index (χ1) is 13.5. The molecule has 1 aromatic carbocycles. The normalized spacial score (nSPS) is 12.1. The monoisotopic (exact) mass is 393 g/mol. The lowest BCUT2D eigenvalue weighted by Crippen LogP contribution is -2.05. The molecule has 0 radical (unpaired) electrons. The maximum absolute atomic E-state index is 12.0. The van der Waals surface area contributed by atoms with E-state index < -0.39 is 12.1 Å². The highest BCUT2D eigenvalue weighted by molar-refractivity contribution is 7.20. The zero-order chi connectivity index (χ0) is 19.8. The summed E-state index contributed by atoms with van der Waals surface area (Å²) in [6.07, 6.45) is 1.15. The van der Waals surface area contributed by atoms with E-state index in [-0.39, 0.29) is 0 Å². The topological polar surface area (TPSA) is 102 Å². The Morgan fingerprint density at radius 3 is 2.75 bits per heavy atom. The van der Waals surface area contributed by atoms with Gasteiger partial charge in [-0.1, -0.05) is 0 Å². The van der Waals surface area contributed by atoms with Crippen LogP contribution in [0, 0.1) is 18.3 Å². The molecule has 0 aliphatic rings. The molecular formula is C19H15N5O3S. The van der Waals surface area contributed by atoms with E-state index >= 15 is 0 Å². The third kappa shape index (κ3) is 2.93. The van der Waals surface area contributed by atoms with Crippen LogP contribution in [0.2, 0.25) is 0 Å². The maximum Gasteiger partial charge on any atom is 0.348 e. The third-order valence-electron chi connectivity index (χ3n) is 4.31. The van der Waals surface area contributed by atoms with E-state index in [4.69, 9.17) is 14.7 Å². The molecule has 3 aromatic heterocycles. The predicted molar refractivity (Wildman–Crippen MR) is 102 cm³/mol. The fraction of sp³-hybridized carbons (Fsp3) is 0.211. The van der Waals surface area contributed by atoms with Gasteiger partial charge in [-0.15, -0.1) is 16.4 Å². The van der Waals surface area contributed by atoms with E-state index in [2.05, 4.69) is 21.1 Å². The van der Waals surface area contributed by atoms with Crippen molar-refractivity contribution in [1.82, 2.24) is 19.6 Å². The van der Waals surface area contributed by atoms with Crippen molar-refractivity contribution in [3.63, 3.8) is 0 Å². The number of rotatable bonds is 4. The van der Waals surface area contributed by atoms with Gasteiger partial charge >= 0.3 is 5.97 Å². The quantitative estimate of drug-likeness (QED) is 0.489. The molecule has 3 heterocycles. The Morgan fingerprint density at radius 2 is 2.07 bits per heavy atom. The van der Waals surface area contributed by atoms with Gasteiger partial charge in [0.15, 0.2) is 17.6 Å². The minimum atomic E-state index is -0.415. The molecule has 0 spiro atoms. The third-order valence-corrected chi connectivity index (χ3v) is 5.49. The van der Waals surface area contributed by atoms with Gasteiger partial charge in [-0.05, 0) is 43.7 Å². The number of hydrogen-bond donors (Lipinski definition) is 0. The van der Waals surface area contributed by atoms with Crippen LogP contribution in [0.5, 0.6) is 5.75 Å². The van der Waals surface area contributed by atoms with Crippen LogP contribution in [0.25, 0.3) is 15.9 Å². The fourth-order valence-electron chi connectivity index (χ4n) is 2.87. The molecule has 140 valence electrons. The zero-order valence-corrected chi connectivity index (χ0v) is 16.1. The van der Waals surface area contributed by atoms with Crippen LogP contribution >= 0.6 is 11.3 Å². The van der Waals surface area contributed by atoms with E-state index in [0.717, 1.165) is 10.9 Å². The second-order valence-electron chi connectivity index (χ2n) is 6.11. The number of aromatic nitrogens is 4. The van der Waals surface area contributed by atoms with E-state index in [1.807, 2.05) is 13.8 Å². The lowest BCUT2D eigenvalue weighted by atomic mass is 10.2. The van der Waals surface area contributed by atoms with Crippen LogP contribution in [-0.4, -0.2) is 32.7 Å². The molecule has 4 rings (SSSR count). The van der Waals surface area contributed by atoms with Gasteiger partial charge in [0.05, 0.1) is 24.1 Å². The number of methoxy groups -OCH3 is 1. The molecular weight excluding hydrogens is 378 g/mol. The van der Waals surface area contributed by atoms with Gasteiger partial charge < -0.3 is 9.47 Å². The van der Waals surface area contributed by atoms with E-state index in [1.54, 1.807) is 35.1 Å². The van der Waals surface area contributed by atoms with Gasteiger partial charge in [-0.2, -0.15) is 5.26 Å². The summed E-state index contributed by atoms with van der Waals surface area (Å²) in [7, 11) is 1.35. The first-order valence-corrected chi connectivity index (χ1v) is 9.23. The minimum absolute atomic E-state index is 0.393. The Labute approximate surface area is 164 Å². The molecule has 8 nitrogen and oxygen atoms in total. The number of nitrogens with zero attached hydrogens (tertiary/aromatic N) is 5. The SMILES string of the molecule is COC(=O)c1sc2ncn3nc(C(C)Oc4ccc(C#N)cc4)nc3c2c1C. The average molecular weight is 393 g/mol. The number of esters is 1. The highest BCUT2D eigenvalue weighted by Gasteiger charge is 2.22. The largest absolute Gasteiger partial charge is 0.483 e. The summed E-state index contributed by atoms with van der Waals surface area (Å²) in [4.78, 5) is 22.2. The second-order valence-corrected chi connectivity index (χ2v) is 7.11. The number of nitriles is 1. The number of benzene rings is 1. The summed E-state index contributed by atoms with van der Waals surface area (Å²) in [5.74, 6) is 0.716. The average Bonchev–Trinajstić information content (AvgIpc) is 3.29. The Hall–Kier alpha value is -3.51. The summed E-state index contributed by atoms with van der Waals surface area (Å²) < 4.78 is 12.3. The van der Waals surface area contributed by atoms with Crippen LogP contribution in [0.15, 0.2) is 30.6 Å². The van der Waals surface area contributed by atoms with E-state index in [9.17, 15) is 4.79 Å². The van der Waals surface area contributed by atoms with Gasteiger partial charge in [-0.25, -0.2) is 19.3 Å². The van der Waals surface area contributed by atoms with Crippen molar-refractivity contribution < 1.29 is 14.3 Å². The molecule has 1 atom stereocenters. The van der Waals surface area contributed by atoms with Crippen molar-refractivity contribution in [2.75, 3.05) is 7.11 Å². The predicted octanol–water partition coefficient (Wildman–Crippen LogP) is 3.45. The van der Waals surface area contributed by atoms with Gasteiger partial charge in [0.2, 0.25) is 0 Å². The van der Waals surface area contributed by atoms with Crippen LogP contribution < -0.4 is 4.74 Å². The Kier molecular flexibility index (Phi) is 4.41. The van der Waals surface area contributed by atoms with Crippen LogP contribution in [0.1, 0.15) is 39.7 Å². The lowest BCUT2D eigenvalue weighted by Gasteiger charge is -2.11. The van der Waals surface area contributed by atoms with Crippen LogP contribution in [0.3, 0.4) is 0 Å². The van der Waals surface area contributed by atoms with Crippen molar-refractivity contribution in [1.29, 1.82) is 5.26 Å². The van der Waals surface area contributed by atoms with E-state index in [1.165, 1.54) is 18.4 Å². The molecule has 9 heteroatoms. The number of ether oxygens (including phenoxy) is 2. The number of fused-ring (bicyclic) bond motifs is 3. The smallest absolute Gasteiger partial charge is 0.348 e. The van der Waals surface area contributed by atoms with Gasteiger partial charge in [0.25, 0.3) is 0 Å². The van der Waals surface area contributed by atoms with Gasteiger partial charge in [0, 0.05) is 0 Å². The Morgan fingerprint density at radius 1 is 1.32 bits per heavy atom. The summed E-state index contributed by atoms with van der Waals surface area (Å²) in [5, 5.41) is 14.1. The molecule has 1 unspecified atom stereocenters. The molecule has 0 bridgehead atoms. The molecule has 0 N–H and O–H groups in total. The Balaban J connectivity index is 1.72. The second kappa shape index (κ2) is 6.90. The number of carbonyl (C=O) groups is 1. The lowest BCUT2D eigenvalue weighted by molar-refractivity contribution is 0.0605. The number of hydrogen-bond acceptors (Lipinski definition) is 8. The molecule has 28 heavy (non-hydrogen) atoms. The molecule has 0 aliphatic heterocycles. The van der Waals surface area contributed by atoms with Crippen LogP contribution in [-0.2, 0) is 4.74 Å². The molecule has 0 aliphatic carbocycles. The highest BCUT2D eigenvalue weighted by Crippen LogP contribution is 2.32. The first kappa shape index (κ1) is 17.9. The van der Waals surface area contributed by atoms with Crippen molar-refractivity contribution >= 4 is 33.2 Å². The van der Waals surface area contributed by atoms with Crippen LogP contribution in [0.4, 0.5) is 0 Å². The first-order valence-electron chi connectivity index (χ1n) is 8.41. The molecule has 0 saturated heterocycles. The Bertz CT molecular complexity index is 1240. The van der Waals surface area contributed by atoms with E-state index in [0.29, 0.717) is 32.5 Å². The summed E-state index contributed by atoms with van der Waals surface area (Å²) in [5.41, 5.74) is 1.94. The standard InChI is InChI=1S/C19H15N5O3S/c1-10-14-17-22-16(11(2)27-13-6-4-12(8-20)5-7-13)23-24(17)9-21-18(14)28-15(10)19(25)26-3/h4-7,9,11H,1-3H3. The molecule has 4 aromatic rings. The van der Waals surface area contributed by atoms with Crippen molar-refractivity contribution in [2.45, 2.75) is 20.0 Å². The molecule has 0 fully saturated rings. The van der Waals surface area contributed by atoms with Crippen molar-refractivity contribution in [2.24, 2.45) is 0 Å². The molecule has 0 amide bonds. The summed E-state index contributed by atoms with van der Waals surface area (Å²) in [6.45, 7) is 3.69. The van der Waals surface area contributed by atoms with Crippen molar-refractivity contribution in [3.8, 4) is 11.8 Å². The number of thiophene rings is 1. The van der Waals surface area contributed by atoms with Gasteiger partial charge in [-0.3, -0.25) is 0 Å². The highest BCUT2D eigenvalue weighted by atomic mass is 32.1. The molecule has 0 saturated carbocycles. The zero-order valence-electron chi connectivity index (χ0n) is 15.3. The summed E-state index contributed by atoms with van der Waals surface area (Å²) in [6, 6.07) is 8.92.